The minimum Gasteiger partial charge on any atom is -0.370 e. The Bertz CT molecular complexity index is 610. The standard InChI is InChI=1S/C15H19N3OS/c1-11(19)17-9-12-3-2-7-18(10-12)14-4-6-16-13-5-8-20-15(13)14/h4-6,8,12H,2-3,7,9-10H2,1H3,(H,17,19). The molecule has 0 radical (unpaired) electrons. The quantitative estimate of drug-likeness (QED) is 0.945. The average molecular weight is 289 g/mol. The summed E-state index contributed by atoms with van der Waals surface area (Å²) in [5.41, 5.74) is 2.37. The Morgan fingerprint density at radius 2 is 2.45 bits per heavy atom. The van der Waals surface area contributed by atoms with Gasteiger partial charge in [0.05, 0.1) is 15.9 Å². The SMILES string of the molecule is CC(=O)NCC1CCCN(c2ccnc3ccsc23)C1. The van der Waals surface area contributed by atoms with Crippen LogP contribution in [0.1, 0.15) is 19.8 Å². The van der Waals surface area contributed by atoms with E-state index in [9.17, 15) is 4.79 Å². The van der Waals surface area contributed by atoms with Crippen molar-refractivity contribution in [2.24, 2.45) is 5.92 Å². The zero-order valence-corrected chi connectivity index (χ0v) is 12.4. The average Bonchev–Trinajstić information content (AvgIpc) is 2.93. The van der Waals surface area contributed by atoms with Gasteiger partial charge in [-0.2, -0.15) is 0 Å². The highest BCUT2D eigenvalue weighted by Crippen LogP contribution is 2.32. The lowest BCUT2D eigenvalue weighted by molar-refractivity contribution is -0.119. The predicted octanol–water partition coefficient (Wildman–Crippen LogP) is 2.65. The number of rotatable bonds is 3. The lowest BCUT2D eigenvalue weighted by atomic mass is 9.97. The van der Waals surface area contributed by atoms with Crippen molar-refractivity contribution in [1.29, 1.82) is 0 Å². The monoisotopic (exact) mass is 289 g/mol. The van der Waals surface area contributed by atoms with Crippen LogP contribution < -0.4 is 10.2 Å². The maximum absolute atomic E-state index is 11.0. The summed E-state index contributed by atoms with van der Waals surface area (Å²) in [5, 5.41) is 5.04. The normalized spacial score (nSPS) is 19.2. The van der Waals surface area contributed by atoms with Crippen LogP contribution in [0.3, 0.4) is 0 Å². The van der Waals surface area contributed by atoms with Gasteiger partial charge in [0.25, 0.3) is 0 Å². The molecule has 1 atom stereocenters. The maximum atomic E-state index is 11.0. The number of piperidine rings is 1. The molecule has 5 heteroatoms. The molecule has 1 fully saturated rings. The van der Waals surface area contributed by atoms with E-state index in [1.165, 1.54) is 23.2 Å². The summed E-state index contributed by atoms with van der Waals surface area (Å²) in [5.74, 6) is 0.600. The fraction of sp³-hybridized carbons (Fsp3) is 0.467. The molecule has 1 aliphatic rings. The number of fused-ring (bicyclic) bond motifs is 1. The van der Waals surface area contributed by atoms with Gasteiger partial charge in [-0.25, -0.2) is 0 Å². The molecule has 1 unspecified atom stereocenters. The molecule has 2 aromatic heterocycles. The van der Waals surface area contributed by atoms with Gasteiger partial charge in [-0.3, -0.25) is 9.78 Å². The van der Waals surface area contributed by atoms with Crippen LogP contribution in [-0.2, 0) is 4.79 Å². The second-order valence-corrected chi connectivity index (χ2v) is 6.27. The Hall–Kier alpha value is -1.62. The van der Waals surface area contributed by atoms with Crippen LogP contribution >= 0.6 is 11.3 Å². The van der Waals surface area contributed by atoms with Crippen molar-refractivity contribution < 1.29 is 4.79 Å². The van der Waals surface area contributed by atoms with Gasteiger partial charge in [0, 0.05) is 32.8 Å². The van der Waals surface area contributed by atoms with Gasteiger partial charge in [-0.1, -0.05) is 0 Å². The first-order valence-electron chi connectivity index (χ1n) is 7.05. The van der Waals surface area contributed by atoms with E-state index < -0.39 is 0 Å². The fourth-order valence-corrected chi connectivity index (χ4v) is 3.74. The van der Waals surface area contributed by atoms with Crippen molar-refractivity contribution in [1.82, 2.24) is 10.3 Å². The van der Waals surface area contributed by atoms with Crippen molar-refractivity contribution in [2.45, 2.75) is 19.8 Å². The minimum atomic E-state index is 0.0617. The molecular weight excluding hydrogens is 270 g/mol. The largest absolute Gasteiger partial charge is 0.370 e. The van der Waals surface area contributed by atoms with E-state index in [4.69, 9.17) is 0 Å². The van der Waals surface area contributed by atoms with Crippen molar-refractivity contribution in [3.05, 3.63) is 23.7 Å². The van der Waals surface area contributed by atoms with Crippen LogP contribution in [0.4, 0.5) is 5.69 Å². The summed E-state index contributed by atoms with van der Waals surface area (Å²) in [7, 11) is 0. The first kappa shape index (κ1) is 13.4. The van der Waals surface area contributed by atoms with E-state index in [1.807, 2.05) is 6.20 Å². The number of amides is 1. The maximum Gasteiger partial charge on any atom is 0.216 e. The molecule has 1 saturated heterocycles. The van der Waals surface area contributed by atoms with Crippen molar-refractivity contribution in [3.8, 4) is 0 Å². The highest BCUT2D eigenvalue weighted by Gasteiger charge is 2.21. The summed E-state index contributed by atoms with van der Waals surface area (Å²) in [6.45, 7) is 4.47. The summed E-state index contributed by atoms with van der Waals surface area (Å²) >= 11 is 1.75. The summed E-state index contributed by atoms with van der Waals surface area (Å²) in [6.07, 6.45) is 4.26. The first-order valence-corrected chi connectivity index (χ1v) is 7.93. The molecule has 3 heterocycles. The molecule has 0 spiro atoms. The van der Waals surface area contributed by atoms with Crippen molar-refractivity contribution in [3.63, 3.8) is 0 Å². The number of thiophene rings is 1. The van der Waals surface area contributed by atoms with Gasteiger partial charge in [0.15, 0.2) is 0 Å². The Morgan fingerprint density at radius 1 is 1.55 bits per heavy atom. The third-order valence-electron chi connectivity index (χ3n) is 3.82. The summed E-state index contributed by atoms with van der Waals surface area (Å²) < 4.78 is 1.27. The van der Waals surface area contributed by atoms with Crippen LogP contribution in [0.5, 0.6) is 0 Å². The molecular formula is C15H19N3OS. The molecule has 2 aromatic rings. The molecule has 0 saturated carbocycles. The van der Waals surface area contributed by atoms with E-state index in [1.54, 1.807) is 18.3 Å². The number of aromatic nitrogens is 1. The van der Waals surface area contributed by atoms with Crippen LogP contribution in [-0.4, -0.2) is 30.5 Å². The highest BCUT2D eigenvalue weighted by atomic mass is 32.1. The van der Waals surface area contributed by atoms with E-state index in [0.717, 1.165) is 25.2 Å². The van der Waals surface area contributed by atoms with Crippen molar-refractivity contribution >= 4 is 33.1 Å². The third-order valence-corrected chi connectivity index (χ3v) is 4.75. The van der Waals surface area contributed by atoms with Gasteiger partial charge in [-0.05, 0) is 36.3 Å². The van der Waals surface area contributed by atoms with E-state index in [-0.39, 0.29) is 5.91 Å². The van der Waals surface area contributed by atoms with Gasteiger partial charge < -0.3 is 10.2 Å². The molecule has 1 N–H and O–H groups in total. The number of carbonyl (C=O) groups is 1. The first-order chi connectivity index (χ1) is 9.74. The van der Waals surface area contributed by atoms with Crippen molar-refractivity contribution in [2.75, 3.05) is 24.5 Å². The number of anilines is 1. The molecule has 106 valence electrons. The topological polar surface area (TPSA) is 45.2 Å². The minimum absolute atomic E-state index is 0.0617. The second-order valence-electron chi connectivity index (χ2n) is 5.36. The molecule has 0 aliphatic carbocycles. The number of carbonyl (C=O) groups excluding carboxylic acids is 1. The molecule has 1 aliphatic heterocycles. The Balaban J connectivity index is 1.76. The number of hydrogen-bond acceptors (Lipinski definition) is 4. The zero-order chi connectivity index (χ0) is 13.9. The number of nitrogens with zero attached hydrogens (tertiary/aromatic N) is 2. The highest BCUT2D eigenvalue weighted by molar-refractivity contribution is 7.17. The van der Waals surface area contributed by atoms with Gasteiger partial charge in [-0.15, -0.1) is 11.3 Å². The number of nitrogens with one attached hydrogen (secondary N) is 1. The van der Waals surface area contributed by atoms with Gasteiger partial charge in [0.1, 0.15) is 0 Å². The number of pyridine rings is 1. The lowest BCUT2D eigenvalue weighted by Gasteiger charge is -2.34. The second kappa shape index (κ2) is 5.79. The molecule has 0 bridgehead atoms. The van der Waals surface area contributed by atoms with Crippen LogP contribution in [0, 0.1) is 5.92 Å². The smallest absolute Gasteiger partial charge is 0.216 e. The molecule has 0 aromatic carbocycles. The molecule has 20 heavy (non-hydrogen) atoms. The Labute approximate surface area is 122 Å². The Kier molecular flexibility index (Phi) is 3.87. The van der Waals surface area contributed by atoms with Crippen LogP contribution in [0.25, 0.3) is 10.2 Å². The van der Waals surface area contributed by atoms with E-state index in [2.05, 4.69) is 32.7 Å². The summed E-state index contributed by atoms with van der Waals surface area (Å²) in [4.78, 5) is 17.9. The van der Waals surface area contributed by atoms with Crippen LogP contribution in [0.2, 0.25) is 0 Å². The van der Waals surface area contributed by atoms with E-state index in [0.29, 0.717) is 5.92 Å². The third kappa shape index (κ3) is 2.77. The number of hydrogen-bond donors (Lipinski definition) is 1. The predicted molar refractivity (Wildman–Crippen MR) is 83.2 cm³/mol. The molecule has 3 rings (SSSR count). The van der Waals surface area contributed by atoms with Gasteiger partial charge in [0.2, 0.25) is 5.91 Å². The van der Waals surface area contributed by atoms with Gasteiger partial charge >= 0.3 is 0 Å². The summed E-state index contributed by atoms with van der Waals surface area (Å²) in [6, 6.07) is 4.18. The molecule has 1 amide bonds. The van der Waals surface area contributed by atoms with Crippen LogP contribution in [0.15, 0.2) is 23.7 Å². The lowest BCUT2D eigenvalue weighted by Crippen LogP contribution is -2.40. The fourth-order valence-electron chi connectivity index (χ4n) is 2.85. The molecule has 4 nitrogen and oxygen atoms in total. The zero-order valence-electron chi connectivity index (χ0n) is 11.6. The Morgan fingerprint density at radius 3 is 3.30 bits per heavy atom. The van der Waals surface area contributed by atoms with E-state index >= 15 is 0 Å².